The Morgan fingerprint density at radius 1 is 0.962 bits per heavy atom. The minimum atomic E-state index is -2.17. The topological polar surface area (TPSA) is 34.1 Å². The summed E-state index contributed by atoms with van der Waals surface area (Å²) in [6.07, 6.45) is 14.2. The number of allylic oxidation sites excluding steroid dienone is 12. The van der Waals surface area contributed by atoms with Gasteiger partial charge in [-0.15, -0.1) is 0 Å². The van der Waals surface area contributed by atoms with Gasteiger partial charge >= 0.3 is 158 Å². The predicted molar refractivity (Wildman–Crippen MR) is 96.8 cm³/mol. The van der Waals surface area contributed by atoms with E-state index in [-0.39, 0.29) is 30.2 Å². The van der Waals surface area contributed by atoms with Gasteiger partial charge in [-0.3, -0.25) is 0 Å². The Labute approximate surface area is 181 Å². The van der Waals surface area contributed by atoms with Gasteiger partial charge in [0.1, 0.15) is 0 Å². The first-order valence-corrected chi connectivity index (χ1v) is 11.8. The molecule has 0 amide bonds. The van der Waals surface area contributed by atoms with Crippen molar-refractivity contribution in [2.45, 2.75) is 40.5 Å². The van der Waals surface area contributed by atoms with Crippen molar-refractivity contribution < 1.29 is 56.5 Å². The van der Waals surface area contributed by atoms with E-state index in [9.17, 15) is 8.42 Å². The van der Waals surface area contributed by atoms with Gasteiger partial charge < -0.3 is 24.8 Å². The summed E-state index contributed by atoms with van der Waals surface area (Å²) in [4.78, 5) is 0.553. The molecule has 0 bridgehead atoms. The Bertz CT molecular complexity index is 923. The zero-order chi connectivity index (χ0) is 17.5. The molecule has 0 saturated carbocycles. The van der Waals surface area contributed by atoms with Crippen LogP contribution in [0.25, 0.3) is 0 Å². The standard InChI is InChI=1S/C15H17O2S.C5H5.2ClH.Zr/c1-10-9-15(4,12(3)11(10)2)13-7-5-6-8-14(13)18(16)17;1-2-4-5-3-1;;;/h5-7H,8H2,1-4H3;1-3H,4H2;2*1H;/q;;;;+2/p-2. The van der Waals surface area contributed by atoms with E-state index in [1.165, 1.54) is 20.0 Å². The Morgan fingerprint density at radius 2 is 1.58 bits per heavy atom. The third-order valence-corrected chi connectivity index (χ3v) is 10.8. The minimum Gasteiger partial charge on any atom is -1.00 e. The van der Waals surface area contributed by atoms with Gasteiger partial charge in [-0.25, -0.2) is 0 Å². The van der Waals surface area contributed by atoms with E-state index in [4.69, 9.17) is 0 Å². The molecule has 3 aliphatic carbocycles. The first-order valence-electron chi connectivity index (χ1n) is 8.22. The maximum atomic E-state index is 11.8. The Balaban J connectivity index is 0.00000169. The van der Waals surface area contributed by atoms with E-state index in [0.717, 1.165) is 12.0 Å². The second-order valence-corrected chi connectivity index (χ2v) is 11.1. The van der Waals surface area contributed by atoms with Crippen LogP contribution >= 0.6 is 0 Å². The molecule has 0 spiro atoms. The Hall–Kier alpha value is -0.407. The fraction of sp³-hybridized carbons (Fsp3) is 0.350. The molecular formula is C20H22Cl2O2SZr. The SMILES string of the molecule is CC1=C(C)C(C)(C2=CC=CCC2=S(=O)=O)[C]([Zr+2][C]2=CC=CC2)=C1C.[Cl-].[Cl-]. The molecule has 26 heavy (non-hydrogen) atoms. The molecule has 0 aromatic carbocycles. The zero-order valence-corrected chi connectivity index (χ0v) is 20.1. The molecule has 2 nitrogen and oxygen atoms in total. The third kappa shape index (κ3) is 3.90. The van der Waals surface area contributed by atoms with Crippen molar-refractivity contribution in [1.29, 1.82) is 0 Å². The third-order valence-electron chi connectivity index (χ3n) is 5.55. The van der Waals surface area contributed by atoms with E-state index in [0.29, 0.717) is 11.3 Å². The summed E-state index contributed by atoms with van der Waals surface area (Å²) in [6.45, 7) is 8.82. The molecule has 0 aromatic rings. The summed E-state index contributed by atoms with van der Waals surface area (Å²) in [7, 11) is -2.17. The van der Waals surface area contributed by atoms with E-state index in [1.54, 1.807) is 3.28 Å². The number of halogens is 2. The summed E-state index contributed by atoms with van der Waals surface area (Å²) in [5.41, 5.74) is 4.76. The molecule has 3 aliphatic rings. The molecule has 0 radical (unpaired) electrons. The van der Waals surface area contributed by atoms with Crippen molar-refractivity contribution in [2.75, 3.05) is 0 Å². The van der Waals surface area contributed by atoms with Gasteiger partial charge in [0.25, 0.3) is 0 Å². The summed E-state index contributed by atoms with van der Waals surface area (Å²) in [5.74, 6) is 0. The second-order valence-electron chi connectivity index (χ2n) is 6.69. The normalized spacial score (nSPS) is 24.1. The maximum absolute atomic E-state index is 11.8. The molecule has 1 unspecified atom stereocenters. The second kappa shape index (κ2) is 9.19. The van der Waals surface area contributed by atoms with Gasteiger partial charge in [0.05, 0.1) is 0 Å². The van der Waals surface area contributed by atoms with Crippen LogP contribution in [0.2, 0.25) is 0 Å². The molecule has 3 rings (SSSR count). The maximum Gasteiger partial charge on any atom is -1.00 e. The average Bonchev–Trinajstić information content (AvgIpc) is 3.14. The van der Waals surface area contributed by atoms with Gasteiger partial charge in [0.2, 0.25) is 0 Å². The summed E-state index contributed by atoms with van der Waals surface area (Å²) in [5, 5.41) is 0. The van der Waals surface area contributed by atoms with Crippen LogP contribution in [-0.4, -0.2) is 13.3 Å². The number of hydrogen-bond donors (Lipinski definition) is 0. The number of rotatable bonds is 3. The van der Waals surface area contributed by atoms with Gasteiger partial charge in [-0.1, -0.05) is 0 Å². The molecule has 0 fully saturated rings. The van der Waals surface area contributed by atoms with Crippen molar-refractivity contribution in [1.82, 2.24) is 0 Å². The summed E-state index contributed by atoms with van der Waals surface area (Å²) >= 11 is -0.920. The van der Waals surface area contributed by atoms with E-state index in [2.05, 4.69) is 45.9 Å². The fourth-order valence-corrected chi connectivity index (χ4v) is 8.59. The van der Waals surface area contributed by atoms with Crippen molar-refractivity contribution in [3.05, 3.63) is 65.3 Å². The van der Waals surface area contributed by atoms with Crippen molar-refractivity contribution in [3.63, 3.8) is 0 Å². The van der Waals surface area contributed by atoms with Gasteiger partial charge in [-0.05, 0) is 0 Å². The molecule has 0 heterocycles. The van der Waals surface area contributed by atoms with Crippen LogP contribution in [0.15, 0.2) is 65.3 Å². The summed E-state index contributed by atoms with van der Waals surface area (Å²) < 4.78 is 26.7. The van der Waals surface area contributed by atoms with Crippen LogP contribution in [0.3, 0.4) is 0 Å². The molecule has 6 heteroatoms. The first-order chi connectivity index (χ1) is 11.4. The fourth-order valence-electron chi connectivity index (χ4n) is 3.81. The average molecular weight is 489 g/mol. The number of hydrogen-bond acceptors (Lipinski definition) is 2. The molecular weight excluding hydrogens is 466 g/mol. The van der Waals surface area contributed by atoms with Crippen LogP contribution in [-0.2, 0) is 33.5 Å². The largest absolute Gasteiger partial charge is 1.00 e. The Kier molecular flexibility index (Phi) is 8.35. The van der Waals surface area contributed by atoms with Crippen molar-refractivity contribution >= 4 is 15.2 Å². The molecule has 0 aliphatic heterocycles. The minimum absolute atomic E-state index is 0. The van der Waals surface area contributed by atoms with Crippen LogP contribution in [0.5, 0.6) is 0 Å². The van der Waals surface area contributed by atoms with E-state index >= 15 is 0 Å². The molecule has 1 atom stereocenters. The smallest absolute Gasteiger partial charge is 1.00 e. The van der Waals surface area contributed by atoms with Gasteiger partial charge in [0.15, 0.2) is 0 Å². The first kappa shape index (κ1) is 23.6. The zero-order valence-electron chi connectivity index (χ0n) is 15.4. The van der Waals surface area contributed by atoms with Crippen molar-refractivity contribution in [2.24, 2.45) is 5.41 Å². The molecule has 0 N–H and O–H groups in total. The summed E-state index contributed by atoms with van der Waals surface area (Å²) in [6, 6.07) is 0. The van der Waals surface area contributed by atoms with Crippen LogP contribution < -0.4 is 24.8 Å². The Morgan fingerprint density at radius 3 is 2.15 bits per heavy atom. The van der Waals surface area contributed by atoms with Gasteiger partial charge in [-0.2, -0.15) is 0 Å². The monoisotopic (exact) mass is 486 g/mol. The molecule has 0 aromatic heterocycles. The van der Waals surface area contributed by atoms with Crippen LogP contribution in [0.1, 0.15) is 40.5 Å². The van der Waals surface area contributed by atoms with Gasteiger partial charge in [0, 0.05) is 0 Å². The predicted octanol–water partition coefficient (Wildman–Crippen LogP) is -1.51. The quantitative estimate of drug-likeness (QED) is 0.453. The molecule has 0 saturated heterocycles. The van der Waals surface area contributed by atoms with Crippen molar-refractivity contribution in [3.8, 4) is 0 Å². The molecule has 138 valence electrons. The van der Waals surface area contributed by atoms with E-state index < -0.39 is 33.5 Å². The van der Waals surface area contributed by atoms with Crippen LogP contribution in [0, 0.1) is 5.41 Å². The van der Waals surface area contributed by atoms with E-state index in [1.807, 2.05) is 18.2 Å². The van der Waals surface area contributed by atoms with Crippen LogP contribution in [0.4, 0.5) is 0 Å².